The SMILES string of the molecule is O=C(Cc1cn2ccsc2n1)NCc1ccn[nH]1. The standard InChI is InChI=1S/C11H11N5OS/c17-10(12-6-8-1-2-13-15-8)5-9-7-16-3-4-18-11(16)14-9/h1-4,7H,5-6H2,(H,12,17)(H,13,15). The van der Waals surface area contributed by atoms with Crippen LogP contribution in [0.1, 0.15) is 11.4 Å². The summed E-state index contributed by atoms with van der Waals surface area (Å²) in [5.41, 5.74) is 1.66. The lowest BCUT2D eigenvalue weighted by atomic mass is 10.3. The lowest BCUT2D eigenvalue weighted by molar-refractivity contribution is -0.120. The lowest BCUT2D eigenvalue weighted by Gasteiger charge is -2.01. The van der Waals surface area contributed by atoms with Crippen LogP contribution in [0.3, 0.4) is 0 Å². The number of nitrogens with one attached hydrogen (secondary N) is 2. The number of nitrogens with zero attached hydrogens (tertiary/aromatic N) is 3. The van der Waals surface area contributed by atoms with Crippen molar-refractivity contribution < 1.29 is 4.79 Å². The van der Waals surface area contributed by atoms with Crippen molar-refractivity contribution in [1.29, 1.82) is 0 Å². The molecule has 0 saturated heterocycles. The average molecular weight is 261 g/mol. The normalized spacial score (nSPS) is 10.9. The average Bonchev–Trinajstić information content (AvgIpc) is 3.01. The van der Waals surface area contributed by atoms with E-state index in [2.05, 4.69) is 20.5 Å². The zero-order chi connectivity index (χ0) is 12.4. The molecule has 3 rings (SSSR count). The van der Waals surface area contributed by atoms with Crippen LogP contribution in [0.15, 0.2) is 30.0 Å². The van der Waals surface area contributed by atoms with Crippen LogP contribution in [-0.4, -0.2) is 25.5 Å². The highest BCUT2D eigenvalue weighted by atomic mass is 32.1. The van der Waals surface area contributed by atoms with Crippen molar-refractivity contribution in [2.45, 2.75) is 13.0 Å². The molecule has 1 amide bonds. The van der Waals surface area contributed by atoms with E-state index < -0.39 is 0 Å². The molecule has 6 nitrogen and oxygen atoms in total. The van der Waals surface area contributed by atoms with Crippen molar-refractivity contribution in [2.24, 2.45) is 0 Å². The number of hydrogen-bond acceptors (Lipinski definition) is 4. The zero-order valence-corrected chi connectivity index (χ0v) is 10.3. The van der Waals surface area contributed by atoms with Gasteiger partial charge < -0.3 is 5.32 Å². The van der Waals surface area contributed by atoms with Gasteiger partial charge in [-0.1, -0.05) is 0 Å². The number of imidazole rings is 1. The van der Waals surface area contributed by atoms with E-state index in [1.807, 2.05) is 28.2 Å². The van der Waals surface area contributed by atoms with E-state index in [9.17, 15) is 4.79 Å². The molecule has 3 aromatic rings. The van der Waals surface area contributed by atoms with Crippen LogP contribution in [0.5, 0.6) is 0 Å². The van der Waals surface area contributed by atoms with E-state index in [0.29, 0.717) is 13.0 Å². The van der Waals surface area contributed by atoms with Crippen molar-refractivity contribution >= 4 is 22.2 Å². The Morgan fingerprint density at radius 1 is 1.56 bits per heavy atom. The number of rotatable bonds is 4. The van der Waals surface area contributed by atoms with Crippen LogP contribution in [0.4, 0.5) is 0 Å². The molecular weight excluding hydrogens is 250 g/mol. The summed E-state index contributed by atoms with van der Waals surface area (Å²) in [6, 6.07) is 1.83. The van der Waals surface area contributed by atoms with E-state index in [1.54, 1.807) is 17.5 Å². The molecular formula is C11H11N5OS. The lowest BCUT2D eigenvalue weighted by Crippen LogP contribution is -2.24. The minimum absolute atomic E-state index is 0.0460. The van der Waals surface area contributed by atoms with Crippen LogP contribution in [0, 0.1) is 0 Å². The number of thiazole rings is 1. The Labute approximate surface area is 107 Å². The third-order valence-electron chi connectivity index (χ3n) is 2.52. The van der Waals surface area contributed by atoms with Gasteiger partial charge in [-0.2, -0.15) is 5.10 Å². The second-order valence-electron chi connectivity index (χ2n) is 3.86. The van der Waals surface area contributed by atoms with Gasteiger partial charge in [0.1, 0.15) is 0 Å². The van der Waals surface area contributed by atoms with Crippen LogP contribution >= 0.6 is 11.3 Å². The minimum Gasteiger partial charge on any atom is -0.350 e. The molecule has 0 aliphatic rings. The van der Waals surface area contributed by atoms with E-state index in [-0.39, 0.29) is 5.91 Å². The Bertz CT molecular complexity index is 625. The number of aromatic nitrogens is 4. The van der Waals surface area contributed by atoms with E-state index in [0.717, 1.165) is 16.3 Å². The fraction of sp³-hybridized carbons (Fsp3) is 0.182. The van der Waals surface area contributed by atoms with Gasteiger partial charge in [0.15, 0.2) is 4.96 Å². The molecule has 0 aliphatic carbocycles. The molecule has 3 heterocycles. The Hall–Kier alpha value is -2.15. The number of aromatic amines is 1. The number of hydrogen-bond donors (Lipinski definition) is 2. The quantitative estimate of drug-likeness (QED) is 0.735. The summed E-state index contributed by atoms with van der Waals surface area (Å²) in [6.07, 6.45) is 5.76. The van der Waals surface area contributed by atoms with Gasteiger partial charge in [-0.15, -0.1) is 11.3 Å². The number of carbonyl (C=O) groups excluding carboxylic acids is 1. The Kier molecular flexibility index (Phi) is 2.81. The molecule has 92 valence electrons. The highest BCUT2D eigenvalue weighted by Gasteiger charge is 2.08. The summed E-state index contributed by atoms with van der Waals surface area (Å²) in [6.45, 7) is 0.459. The van der Waals surface area contributed by atoms with Crippen molar-refractivity contribution in [3.05, 3.63) is 41.4 Å². The van der Waals surface area contributed by atoms with Gasteiger partial charge in [0.2, 0.25) is 5.91 Å². The van der Waals surface area contributed by atoms with Crippen LogP contribution in [-0.2, 0) is 17.8 Å². The second-order valence-corrected chi connectivity index (χ2v) is 4.73. The second kappa shape index (κ2) is 4.61. The molecule has 0 atom stereocenters. The van der Waals surface area contributed by atoms with Gasteiger partial charge in [0, 0.05) is 24.0 Å². The summed E-state index contributed by atoms with van der Waals surface area (Å²) in [5, 5.41) is 11.4. The summed E-state index contributed by atoms with van der Waals surface area (Å²) in [5.74, 6) is -0.0460. The first-order valence-electron chi connectivity index (χ1n) is 5.47. The highest BCUT2D eigenvalue weighted by Crippen LogP contribution is 2.11. The predicted octanol–water partition coefficient (Wildman–Crippen LogP) is 0.978. The van der Waals surface area contributed by atoms with E-state index >= 15 is 0 Å². The molecule has 0 bridgehead atoms. The minimum atomic E-state index is -0.0460. The topological polar surface area (TPSA) is 75.1 Å². The van der Waals surface area contributed by atoms with Gasteiger partial charge in [0.05, 0.1) is 24.4 Å². The third-order valence-corrected chi connectivity index (χ3v) is 3.29. The maximum atomic E-state index is 11.7. The molecule has 0 aromatic carbocycles. The monoisotopic (exact) mass is 261 g/mol. The van der Waals surface area contributed by atoms with Crippen molar-refractivity contribution in [1.82, 2.24) is 24.9 Å². The maximum absolute atomic E-state index is 11.7. The van der Waals surface area contributed by atoms with E-state index in [4.69, 9.17) is 0 Å². The van der Waals surface area contributed by atoms with Crippen molar-refractivity contribution in [2.75, 3.05) is 0 Å². The number of fused-ring (bicyclic) bond motifs is 1. The molecule has 0 spiro atoms. The number of amides is 1. The molecule has 0 radical (unpaired) electrons. The van der Waals surface area contributed by atoms with Crippen molar-refractivity contribution in [3.8, 4) is 0 Å². The first kappa shape index (κ1) is 11.0. The van der Waals surface area contributed by atoms with Gasteiger partial charge in [-0.25, -0.2) is 4.98 Å². The fourth-order valence-corrected chi connectivity index (χ4v) is 2.38. The molecule has 0 saturated carbocycles. The number of H-pyrrole nitrogens is 1. The summed E-state index contributed by atoms with van der Waals surface area (Å²) in [4.78, 5) is 17.0. The Balaban J connectivity index is 1.59. The first-order chi connectivity index (χ1) is 8.81. The van der Waals surface area contributed by atoms with Gasteiger partial charge in [0.25, 0.3) is 0 Å². The molecule has 18 heavy (non-hydrogen) atoms. The molecule has 7 heteroatoms. The fourth-order valence-electron chi connectivity index (χ4n) is 1.67. The van der Waals surface area contributed by atoms with Gasteiger partial charge >= 0.3 is 0 Å². The predicted molar refractivity (Wildman–Crippen MR) is 67.2 cm³/mol. The van der Waals surface area contributed by atoms with Crippen LogP contribution in [0.2, 0.25) is 0 Å². The highest BCUT2D eigenvalue weighted by molar-refractivity contribution is 7.15. The molecule has 2 N–H and O–H groups in total. The molecule has 0 aliphatic heterocycles. The smallest absolute Gasteiger partial charge is 0.226 e. The summed E-state index contributed by atoms with van der Waals surface area (Å²) >= 11 is 1.55. The summed E-state index contributed by atoms with van der Waals surface area (Å²) < 4.78 is 1.92. The molecule has 0 fully saturated rings. The zero-order valence-electron chi connectivity index (χ0n) is 9.46. The van der Waals surface area contributed by atoms with Crippen molar-refractivity contribution in [3.63, 3.8) is 0 Å². The van der Waals surface area contributed by atoms with E-state index in [1.165, 1.54) is 0 Å². The number of carbonyl (C=O) groups is 1. The van der Waals surface area contributed by atoms with Crippen LogP contribution < -0.4 is 5.32 Å². The van der Waals surface area contributed by atoms with Crippen LogP contribution in [0.25, 0.3) is 4.96 Å². The first-order valence-corrected chi connectivity index (χ1v) is 6.35. The molecule has 3 aromatic heterocycles. The third kappa shape index (κ3) is 2.25. The van der Waals surface area contributed by atoms with Gasteiger partial charge in [-0.05, 0) is 6.07 Å². The summed E-state index contributed by atoms with van der Waals surface area (Å²) in [7, 11) is 0. The van der Waals surface area contributed by atoms with Gasteiger partial charge in [-0.3, -0.25) is 14.3 Å². The Morgan fingerprint density at radius 2 is 2.50 bits per heavy atom. The maximum Gasteiger partial charge on any atom is 0.226 e. The molecule has 0 unspecified atom stereocenters. The Morgan fingerprint density at radius 3 is 3.28 bits per heavy atom. The largest absolute Gasteiger partial charge is 0.350 e.